The molecule has 0 unspecified atom stereocenters. The summed E-state index contributed by atoms with van der Waals surface area (Å²) in [5, 5.41) is 0. The number of sulfonamides is 1. The third kappa shape index (κ3) is 7.43. The van der Waals surface area contributed by atoms with Crippen molar-refractivity contribution >= 4 is 22.0 Å². The van der Waals surface area contributed by atoms with Crippen molar-refractivity contribution in [2.75, 3.05) is 26.2 Å². The van der Waals surface area contributed by atoms with E-state index in [0.717, 1.165) is 18.4 Å². The SMILES string of the molecule is CCNS(=O)(=O)c1ccc(C)c(C(=O)N2CCC[C@@H](CN(C(=O)OC(C)(C)C)C(C)C)C2)c1. The van der Waals surface area contributed by atoms with Crippen LogP contribution in [0.25, 0.3) is 0 Å². The molecule has 1 aromatic carbocycles. The van der Waals surface area contributed by atoms with Crippen molar-refractivity contribution < 1.29 is 22.7 Å². The van der Waals surface area contributed by atoms with E-state index in [0.29, 0.717) is 25.2 Å². The third-order valence-electron chi connectivity index (χ3n) is 5.60. The van der Waals surface area contributed by atoms with Crippen LogP contribution in [0.15, 0.2) is 23.1 Å². The first-order chi connectivity index (χ1) is 15.2. The highest BCUT2D eigenvalue weighted by Crippen LogP contribution is 2.24. The largest absolute Gasteiger partial charge is 0.444 e. The highest BCUT2D eigenvalue weighted by molar-refractivity contribution is 7.89. The number of piperidine rings is 1. The summed E-state index contributed by atoms with van der Waals surface area (Å²) < 4.78 is 32.9. The monoisotopic (exact) mass is 481 g/mol. The quantitative estimate of drug-likeness (QED) is 0.639. The summed E-state index contributed by atoms with van der Waals surface area (Å²) in [4.78, 5) is 29.6. The van der Waals surface area contributed by atoms with E-state index in [2.05, 4.69) is 4.72 Å². The summed E-state index contributed by atoms with van der Waals surface area (Å²) in [7, 11) is -3.65. The van der Waals surface area contributed by atoms with E-state index in [1.165, 1.54) is 12.1 Å². The number of amides is 2. The van der Waals surface area contributed by atoms with Gasteiger partial charge in [0.25, 0.3) is 5.91 Å². The average molecular weight is 482 g/mol. The first-order valence-corrected chi connectivity index (χ1v) is 13.1. The molecular weight excluding hydrogens is 442 g/mol. The van der Waals surface area contributed by atoms with Gasteiger partial charge in [-0.25, -0.2) is 17.9 Å². The van der Waals surface area contributed by atoms with E-state index in [-0.39, 0.29) is 35.4 Å². The number of rotatable bonds is 7. The molecule has 2 amide bonds. The second-order valence-corrected chi connectivity index (χ2v) is 11.7. The molecule has 1 N–H and O–H groups in total. The number of hydrogen-bond acceptors (Lipinski definition) is 5. The zero-order valence-corrected chi connectivity index (χ0v) is 21.8. The Morgan fingerprint density at radius 3 is 2.52 bits per heavy atom. The second-order valence-electron chi connectivity index (χ2n) is 9.96. The van der Waals surface area contributed by atoms with E-state index < -0.39 is 15.6 Å². The van der Waals surface area contributed by atoms with Gasteiger partial charge in [-0.1, -0.05) is 13.0 Å². The lowest BCUT2D eigenvalue weighted by atomic mass is 9.96. The van der Waals surface area contributed by atoms with Gasteiger partial charge in [0.1, 0.15) is 5.60 Å². The molecule has 1 aliphatic rings. The summed E-state index contributed by atoms with van der Waals surface area (Å²) in [5.74, 6) is -0.0642. The Balaban J connectivity index is 2.18. The first-order valence-electron chi connectivity index (χ1n) is 11.6. The van der Waals surface area contributed by atoms with Crippen molar-refractivity contribution in [1.82, 2.24) is 14.5 Å². The molecule has 0 aliphatic carbocycles. The number of nitrogens with zero attached hydrogens (tertiary/aromatic N) is 2. The van der Waals surface area contributed by atoms with Crippen LogP contribution in [-0.4, -0.2) is 68.0 Å². The van der Waals surface area contributed by atoms with Crippen LogP contribution in [0, 0.1) is 12.8 Å². The molecule has 1 heterocycles. The number of benzene rings is 1. The highest BCUT2D eigenvalue weighted by Gasteiger charge is 2.31. The average Bonchev–Trinajstić information content (AvgIpc) is 2.70. The molecule has 1 aliphatic heterocycles. The van der Waals surface area contributed by atoms with E-state index in [1.54, 1.807) is 29.7 Å². The molecule has 1 fully saturated rings. The number of hydrogen-bond donors (Lipinski definition) is 1. The molecule has 0 radical (unpaired) electrons. The van der Waals surface area contributed by atoms with Gasteiger partial charge in [-0.2, -0.15) is 0 Å². The summed E-state index contributed by atoms with van der Waals surface area (Å²) in [5.41, 5.74) is 0.548. The second kappa shape index (κ2) is 10.9. The Labute approximate surface area is 198 Å². The van der Waals surface area contributed by atoms with Gasteiger partial charge in [-0.3, -0.25) is 4.79 Å². The van der Waals surface area contributed by atoms with Gasteiger partial charge in [0.15, 0.2) is 0 Å². The molecule has 0 aromatic heterocycles. The van der Waals surface area contributed by atoms with Crippen LogP contribution in [0.5, 0.6) is 0 Å². The number of ether oxygens (including phenoxy) is 1. The first kappa shape index (κ1) is 27.1. The fourth-order valence-corrected chi connectivity index (χ4v) is 5.00. The molecule has 1 aromatic rings. The van der Waals surface area contributed by atoms with Crippen molar-refractivity contribution in [3.8, 4) is 0 Å². The standard InChI is InChI=1S/C24H39N3O5S/c1-8-25-33(30,31)20-12-11-18(4)21(14-20)22(28)26-13-9-10-19(15-26)16-27(17(2)3)23(29)32-24(5,6)7/h11-12,14,17,19,25H,8-10,13,15-16H2,1-7H3/t19-/m1/s1. The van der Waals surface area contributed by atoms with Crippen molar-refractivity contribution in [3.63, 3.8) is 0 Å². The minimum atomic E-state index is -3.65. The molecule has 8 nitrogen and oxygen atoms in total. The van der Waals surface area contributed by atoms with Crippen molar-refractivity contribution in [2.24, 2.45) is 5.92 Å². The van der Waals surface area contributed by atoms with Crippen LogP contribution in [0.4, 0.5) is 4.79 Å². The maximum absolute atomic E-state index is 13.3. The van der Waals surface area contributed by atoms with Crippen molar-refractivity contribution in [1.29, 1.82) is 0 Å². The lowest BCUT2D eigenvalue weighted by Gasteiger charge is -2.37. The minimum Gasteiger partial charge on any atom is -0.444 e. The zero-order valence-electron chi connectivity index (χ0n) is 21.0. The van der Waals surface area contributed by atoms with Crippen LogP contribution >= 0.6 is 0 Å². The van der Waals surface area contributed by atoms with E-state index in [1.807, 2.05) is 34.6 Å². The van der Waals surface area contributed by atoms with E-state index in [9.17, 15) is 18.0 Å². The fourth-order valence-electron chi connectivity index (χ4n) is 3.94. The Morgan fingerprint density at radius 1 is 1.27 bits per heavy atom. The molecule has 0 bridgehead atoms. The Morgan fingerprint density at radius 2 is 1.94 bits per heavy atom. The third-order valence-corrected chi connectivity index (χ3v) is 7.14. The molecule has 1 atom stereocenters. The molecule has 9 heteroatoms. The predicted octanol–water partition coefficient (Wildman–Crippen LogP) is 3.79. The van der Waals surface area contributed by atoms with Crippen LogP contribution in [0.2, 0.25) is 0 Å². The number of likely N-dealkylation sites (tertiary alicyclic amines) is 1. The summed E-state index contributed by atoms with van der Waals surface area (Å²) in [6, 6.07) is 4.62. The van der Waals surface area contributed by atoms with Gasteiger partial charge in [0, 0.05) is 37.8 Å². The van der Waals surface area contributed by atoms with Crippen LogP contribution in [-0.2, 0) is 14.8 Å². The Bertz CT molecular complexity index is 953. The maximum atomic E-state index is 13.3. The molecule has 0 saturated carbocycles. The van der Waals surface area contributed by atoms with E-state index >= 15 is 0 Å². The van der Waals surface area contributed by atoms with Gasteiger partial charge in [0.2, 0.25) is 10.0 Å². The molecule has 33 heavy (non-hydrogen) atoms. The summed E-state index contributed by atoms with van der Waals surface area (Å²) in [6.07, 6.45) is 1.38. The van der Waals surface area contributed by atoms with E-state index in [4.69, 9.17) is 4.74 Å². The van der Waals surface area contributed by atoms with Crippen molar-refractivity contribution in [2.45, 2.75) is 77.8 Å². The normalized spacial score (nSPS) is 17.2. The molecule has 0 spiro atoms. The summed E-state index contributed by atoms with van der Waals surface area (Å²) >= 11 is 0. The van der Waals surface area contributed by atoms with Crippen LogP contribution < -0.4 is 4.72 Å². The minimum absolute atomic E-state index is 0.0267. The Hall–Kier alpha value is -2.13. The smallest absolute Gasteiger partial charge is 0.410 e. The van der Waals surface area contributed by atoms with Gasteiger partial charge < -0.3 is 14.5 Å². The number of carbonyl (C=O) groups excluding carboxylic acids is 2. The summed E-state index contributed by atoms with van der Waals surface area (Å²) in [6.45, 7) is 14.9. The number of aryl methyl sites for hydroxylation is 1. The zero-order chi connectivity index (χ0) is 25.0. The number of carbonyl (C=O) groups is 2. The predicted molar refractivity (Wildman–Crippen MR) is 129 cm³/mol. The van der Waals surface area contributed by atoms with Crippen LogP contribution in [0.3, 0.4) is 0 Å². The molecule has 2 rings (SSSR count). The van der Waals surface area contributed by atoms with Crippen molar-refractivity contribution in [3.05, 3.63) is 29.3 Å². The topological polar surface area (TPSA) is 96.0 Å². The lowest BCUT2D eigenvalue weighted by Crippen LogP contribution is -2.48. The highest BCUT2D eigenvalue weighted by atomic mass is 32.2. The van der Waals surface area contributed by atoms with Crippen LogP contribution in [0.1, 0.15) is 70.3 Å². The van der Waals surface area contributed by atoms with Gasteiger partial charge in [-0.05, 0) is 78.0 Å². The Kier molecular flexibility index (Phi) is 8.93. The van der Waals surface area contributed by atoms with Gasteiger partial charge in [-0.15, -0.1) is 0 Å². The maximum Gasteiger partial charge on any atom is 0.410 e. The lowest BCUT2D eigenvalue weighted by molar-refractivity contribution is 0.0124. The van der Waals surface area contributed by atoms with Gasteiger partial charge >= 0.3 is 6.09 Å². The molecule has 186 valence electrons. The molecular formula is C24H39N3O5S. The van der Waals surface area contributed by atoms with Gasteiger partial charge in [0.05, 0.1) is 4.90 Å². The fraction of sp³-hybridized carbons (Fsp3) is 0.667. The number of nitrogens with one attached hydrogen (secondary N) is 1. The molecule has 1 saturated heterocycles.